The largest absolute Gasteiger partial charge is 0.391 e. The monoisotopic (exact) mass is 377 g/mol. The Bertz CT molecular complexity index is 939. The maximum absolute atomic E-state index is 13.2. The Hall–Kier alpha value is -3.27. The lowest BCUT2D eigenvalue weighted by atomic mass is 10.1. The van der Waals surface area contributed by atoms with E-state index in [-0.39, 0.29) is 24.2 Å². The van der Waals surface area contributed by atoms with E-state index in [1.807, 2.05) is 0 Å². The van der Waals surface area contributed by atoms with Crippen LogP contribution in [0.4, 0.5) is 19.0 Å². The molecule has 0 aliphatic carbocycles. The van der Waals surface area contributed by atoms with Crippen LogP contribution in [0.1, 0.15) is 17.5 Å². The molecule has 27 heavy (non-hydrogen) atoms. The van der Waals surface area contributed by atoms with E-state index in [2.05, 4.69) is 25.7 Å². The molecule has 3 N–H and O–H groups in total. The highest BCUT2D eigenvalue weighted by Crippen LogP contribution is 2.26. The molecule has 0 bridgehead atoms. The van der Waals surface area contributed by atoms with E-state index in [1.165, 1.54) is 12.4 Å². The van der Waals surface area contributed by atoms with Gasteiger partial charge in [0.2, 0.25) is 5.91 Å². The summed E-state index contributed by atoms with van der Waals surface area (Å²) in [6, 6.07) is 3.33. The highest BCUT2D eigenvalue weighted by molar-refractivity contribution is 5.91. The van der Waals surface area contributed by atoms with E-state index in [9.17, 15) is 23.1 Å². The van der Waals surface area contributed by atoms with E-state index < -0.39 is 30.0 Å². The second-order valence-corrected chi connectivity index (χ2v) is 5.64. The predicted molar refractivity (Wildman–Crippen MR) is 88.8 cm³/mol. The molecule has 2 heterocycles. The minimum atomic E-state index is -1.55. The summed E-state index contributed by atoms with van der Waals surface area (Å²) in [5, 5.41) is 26.2. The maximum Gasteiger partial charge on any atom is 0.225 e. The summed E-state index contributed by atoms with van der Waals surface area (Å²) in [4.78, 5) is 12.1. The number of aliphatic hydroxyl groups excluding tert-OH is 1. The van der Waals surface area contributed by atoms with Crippen molar-refractivity contribution in [3.05, 3.63) is 59.2 Å². The summed E-state index contributed by atoms with van der Waals surface area (Å²) >= 11 is 0. The number of amides is 1. The molecule has 0 spiro atoms. The fourth-order valence-electron chi connectivity index (χ4n) is 2.50. The molecule has 140 valence electrons. The number of anilines is 1. The molecule has 0 unspecified atom stereocenters. The highest BCUT2D eigenvalue weighted by atomic mass is 19.2. The van der Waals surface area contributed by atoms with Gasteiger partial charge < -0.3 is 10.4 Å². The summed E-state index contributed by atoms with van der Waals surface area (Å²) in [7, 11) is 0. The van der Waals surface area contributed by atoms with Gasteiger partial charge in [0, 0.05) is 17.5 Å². The molecule has 0 fully saturated rings. The molecule has 7 nitrogen and oxygen atoms in total. The van der Waals surface area contributed by atoms with Crippen LogP contribution in [0.15, 0.2) is 30.6 Å². The lowest BCUT2D eigenvalue weighted by Crippen LogP contribution is -2.14. The van der Waals surface area contributed by atoms with E-state index in [0.29, 0.717) is 16.8 Å². The van der Waals surface area contributed by atoms with E-state index in [1.54, 1.807) is 6.07 Å². The molecule has 0 aliphatic heterocycles. The Balaban J connectivity index is 1.69. The standard InChI is InChI=1S/C17H14F3N5O2/c18-12-5-9(6-13(19)15(12)20)1-2-14(27)23-17-11(8-26)16(24-25-17)10-3-4-21-22-7-10/h3-7,26H,1-2,8H2,(H2,23,24,25,27). The zero-order valence-electron chi connectivity index (χ0n) is 13.8. The molecule has 3 rings (SSSR count). The van der Waals surface area contributed by atoms with Crippen molar-refractivity contribution in [1.29, 1.82) is 0 Å². The van der Waals surface area contributed by atoms with Gasteiger partial charge in [0.25, 0.3) is 0 Å². The fraction of sp³-hybridized carbons (Fsp3) is 0.176. The van der Waals surface area contributed by atoms with Crippen molar-refractivity contribution in [2.24, 2.45) is 0 Å². The van der Waals surface area contributed by atoms with Crippen LogP contribution in [-0.2, 0) is 17.8 Å². The molecule has 3 aromatic rings. The lowest BCUT2D eigenvalue weighted by molar-refractivity contribution is -0.116. The quantitative estimate of drug-likeness (QED) is 0.572. The number of halogens is 3. The fourth-order valence-corrected chi connectivity index (χ4v) is 2.50. The van der Waals surface area contributed by atoms with E-state index in [4.69, 9.17) is 0 Å². The third kappa shape index (κ3) is 4.11. The van der Waals surface area contributed by atoms with Crippen LogP contribution in [-0.4, -0.2) is 31.4 Å². The van der Waals surface area contributed by atoms with Gasteiger partial charge in [-0.1, -0.05) is 0 Å². The van der Waals surface area contributed by atoms with Gasteiger partial charge in [-0.3, -0.25) is 9.89 Å². The number of rotatable bonds is 6. The predicted octanol–water partition coefficient (Wildman–Crippen LogP) is 2.35. The number of aryl methyl sites for hydroxylation is 1. The SMILES string of the molecule is O=C(CCc1cc(F)c(F)c(F)c1)Nc1[nH]nc(-c2ccnnc2)c1CO. The normalized spacial score (nSPS) is 10.8. The second kappa shape index (κ2) is 7.96. The van der Waals surface area contributed by atoms with Gasteiger partial charge in [-0.15, -0.1) is 0 Å². The first kappa shape index (κ1) is 18.5. The minimum absolute atomic E-state index is 0.00365. The van der Waals surface area contributed by atoms with Gasteiger partial charge >= 0.3 is 0 Å². The van der Waals surface area contributed by atoms with E-state index in [0.717, 1.165) is 12.1 Å². The summed E-state index contributed by atoms with van der Waals surface area (Å²) in [5.74, 6) is -4.44. The Morgan fingerprint density at radius 2 is 1.93 bits per heavy atom. The first-order valence-electron chi connectivity index (χ1n) is 7.88. The molecule has 0 saturated heterocycles. The van der Waals surface area contributed by atoms with Crippen LogP contribution in [0, 0.1) is 17.5 Å². The Kier molecular flexibility index (Phi) is 5.46. The molecule has 0 saturated carbocycles. The molecular weight excluding hydrogens is 363 g/mol. The first-order chi connectivity index (χ1) is 13.0. The number of aromatic amines is 1. The number of H-pyrrole nitrogens is 1. The number of hydrogen-bond donors (Lipinski definition) is 3. The van der Waals surface area contributed by atoms with Crippen molar-refractivity contribution in [1.82, 2.24) is 20.4 Å². The molecular formula is C17H14F3N5O2. The summed E-state index contributed by atoms with van der Waals surface area (Å²) in [6.45, 7) is -0.391. The number of carbonyl (C=O) groups excluding carboxylic acids is 1. The summed E-state index contributed by atoms with van der Waals surface area (Å²) in [5.41, 5.74) is 1.51. The number of aromatic nitrogens is 4. The smallest absolute Gasteiger partial charge is 0.225 e. The average molecular weight is 377 g/mol. The van der Waals surface area contributed by atoms with Crippen LogP contribution in [0.3, 0.4) is 0 Å². The molecule has 1 amide bonds. The molecule has 0 atom stereocenters. The molecule has 0 aliphatic rings. The van der Waals surface area contributed by atoms with Crippen LogP contribution in [0.2, 0.25) is 0 Å². The molecule has 10 heteroatoms. The van der Waals surface area contributed by atoms with Crippen molar-refractivity contribution < 1.29 is 23.1 Å². The average Bonchev–Trinajstić information content (AvgIpc) is 3.07. The van der Waals surface area contributed by atoms with Crippen LogP contribution in [0.5, 0.6) is 0 Å². The van der Waals surface area contributed by atoms with E-state index >= 15 is 0 Å². The van der Waals surface area contributed by atoms with Gasteiger partial charge in [0.15, 0.2) is 17.5 Å². The van der Waals surface area contributed by atoms with Gasteiger partial charge in [-0.05, 0) is 30.2 Å². The number of aliphatic hydroxyl groups is 1. The Morgan fingerprint density at radius 3 is 2.56 bits per heavy atom. The van der Waals surface area contributed by atoms with Crippen LogP contribution >= 0.6 is 0 Å². The summed E-state index contributed by atoms with van der Waals surface area (Å²) in [6.07, 6.45) is 2.81. The van der Waals surface area contributed by atoms with Crippen molar-refractivity contribution in [2.75, 3.05) is 5.32 Å². The third-order valence-corrected chi connectivity index (χ3v) is 3.83. The zero-order valence-corrected chi connectivity index (χ0v) is 13.8. The zero-order chi connectivity index (χ0) is 19.4. The van der Waals surface area contributed by atoms with Crippen LogP contribution < -0.4 is 5.32 Å². The topological polar surface area (TPSA) is 104 Å². The van der Waals surface area contributed by atoms with Crippen molar-refractivity contribution in [2.45, 2.75) is 19.4 Å². The highest BCUT2D eigenvalue weighted by Gasteiger charge is 2.17. The second-order valence-electron chi connectivity index (χ2n) is 5.64. The Labute approximate surface area is 151 Å². The molecule has 0 radical (unpaired) electrons. The number of nitrogens with zero attached hydrogens (tertiary/aromatic N) is 3. The van der Waals surface area contributed by atoms with Crippen LogP contribution in [0.25, 0.3) is 11.3 Å². The number of carbonyl (C=O) groups is 1. The number of benzene rings is 1. The van der Waals surface area contributed by atoms with Crippen molar-refractivity contribution in [3.63, 3.8) is 0 Å². The maximum atomic E-state index is 13.2. The third-order valence-electron chi connectivity index (χ3n) is 3.83. The summed E-state index contributed by atoms with van der Waals surface area (Å²) < 4.78 is 39.4. The lowest BCUT2D eigenvalue weighted by Gasteiger charge is -2.06. The minimum Gasteiger partial charge on any atom is -0.391 e. The van der Waals surface area contributed by atoms with Gasteiger partial charge in [-0.2, -0.15) is 15.3 Å². The van der Waals surface area contributed by atoms with Crippen molar-refractivity contribution >= 4 is 11.7 Å². The van der Waals surface area contributed by atoms with Gasteiger partial charge in [-0.25, -0.2) is 13.2 Å². The number of hydrogen-bond acceptors (Lipinski definition) is 5. The molecule has 1 aromatic carbocycles. The van der Waals surface area contributed by atoms with Gasteiger partial charge in [0.05, 0.1) is 19.0 Å². The number of nitrogens with one attached hydrogen (secondary N) is 2. The Morgan fingerprint density at radius 1 is 1.19 bits per heavy atom. The van der Waals surface area contributed by atoms with Crippen molar-refractivity contribution in [3.8, 4) is 11.3 Å². The van der Waals surface area contributed by atoms with Gasteiger partial charge in [0.1, 0.15) is 11.5 Å². The molecule has 2 aromatic heterocycles. The first-order valence-corrected chi connectivity index (χ1v) is 7.88.